The van der Waals surface area contributed by atoms with E-state index in [1.165, 1.54) is 19.1 Å². The highest BCUT2D eigenvalue weighted by Crippen LogP contribution is 2.33. The first-order valence-corrected chi connectivity index (χ1v) is 9.68. The van der Waals surface area contributed by atoms with Crippen LogP contribution in [0.4, 0.5) is 17.6 Å². The van der Waals surface area contributed by atoms with Gasteiger partial charge in [-0.25, -0.2) is 17.6 Å². The molecule has 146 valence electrons. The van der Waals surface area contributed by atoms with Gasteiger partial charge in [0.25, 0.3) is 0 Å². The standard InChI is InChI=1S/C24H22F4/c1-13-3-6-19-16(9-13)12-22(26)20(24(19)28)8-5-15-4-7-18-17(10-15)11-21(25)14(2)23(18)27/h3,6,9,11-12,15H,4-5,7-8,10H2,1-2H3. The van der Waals surface area contributed by atoms with Gasteiger partial charge in [-0.2, -0.15) is 0 Å². The van der Waals surface area contributed by atoms with Gasteiger partial charge in [0.15, 0.2) is 0 Å². The van der Waals surface area contributed by atoms with E-state index in [0.29, 0.717) is 41.2 Å². The van der Waals surface area contributed by atoms with Crippen molar-refractivity contribution >= 4 is 10.8 Å². The van der Waals surface area contributed by atoms with Crippen LogP contribution in [-0.4, -0.2) is 0 Å². The lowest BCUT2D eigenvalue weighted by Gasteiger charge is -2.26. The molecule has 0 nitrogen and oxygen atoms in total. The Kier molecular flexibility index (Phi) is 4.90. The van der Waals surface area contributed by atoms with E-state index in [-0.39, 0.29) is 23.5 Å². The molecule has 0 radical (unpaired) electrons. The molecule has 1 atom stereocenters. The predicted molar refractivity (Wildman–Crippen MR) is 104 cm³/mol. The fraction of sp³-hybridized carbons (Fsp3) is 0.333. The number of rotatable bonds is 3. The van der Waals surface area contributed by atoms with E-state index in [1.54, 1.807) is 12.1 Å². The maximum Gasteiger partial charge on any atom is 0.137 e. The molecule has 28 heavy (non-hydrogen) atoms. The van der Waals surface area contributed by atoms with Gasteiger partial charge in [0.2, 0.25) is 0 Å². The lowest BCUT2D eigenvalue weighted by atomic mass is 9.80. The number of hydrogen-bond acceptors (Lipinski definition) is 0. The van der Waals surface area contributed by atoms with Gasteiger partial charge in [-0.1, -0.05) is 23.8 Å². The zero-order chi connectivity index (χ0) is 20.0. The first-order chi connectivity index (χ1) is 13.3. The van der Waals surface area contributed by atoms with Gasteiger partial charge < -0.3 is 0 Å². The average Bonchev–Trinajstić information content (AvgIpc) is 2.65. The Morgan fingerprint density at radius 3 is 2.50 bits per heavy atom. The Hall–Kier alpha value is -2.36. The van der Waals surface area contributed by atoms with Crippen molar-refractivity contribution in [2.24, 2.45) is 5.92 Å². The normalized spacial score (nSPS) is 16.4. The smallest absolute Gasteiger partial charge is 0.137 e. The Balaban J connectivity index is 1.55. The number of halogens is 4. The Morgan fingerprint density at radius 1 is 0.929 bits per heavy atom. The summed E-state index contributed by atoms with van der Waals surface area (Å²) in [7, 11) is 0. The van der Waals surface area contributed by atoms with Crippen molar-refractivity contribution in [2.45, 2.75) is 46.0 Å². The van der Waals surface area contributed by atoms with E-state index in [9.17, 15) is 17.6 Å². The van der Waals surface area contributed by atoms with Crippen molar-refractivity contribution in [2.75, 3.05) is 0 Å². The quantitative estimate of drug-likeness (QED) is 0.437. The van der Waals surface area contributed by atoms with Gasteiger partial charge in [-0.05, 0) is 80.5 Å². The summed E-state index contributed by atoms with van der Waals surface area (Å²) >= 11 is 0. The molecule has 0 saturated heterocycles. The van der Waals surface area contributed by atoms with Crippen LogP contribution in [0.5, 0.6) is 0 Å². The van der Waals surface area contributed by atoms with Crippen LogP contribution in [0, 0.1) is 43.0 Å². The first kappa shape index (κ1) is 19.0. The predicted octanol–water partition coefficient (Wildman–Crippen LogP) is 6.75. The molecule has 1 aliphatic carbocycles. The van der Waals surface area contributed by atoms with Crippen LogP contribution >= 0.6 is 0 Å². The maximum absolute atomic E-state index is 14.9. The van der Waals surface area contributed by atoms with Crippen LogP contribution in [-0.2, 0) is 19.3 Å². The van der Waals surface area contributed by atoms with Crippen LogP contribution in [0.3, 0.4) is 0 Å². The minimum atomic E-state index is -0.529. The van der Waals surface area contributed by atoms with Crippen molar-refractivity contribution < 1.29 is 17.6 Å². The second kappa shape index (κ2) is 7.23. The average molecular weight is 386 g/mol. The summed E-state index contributed by atoms with van der Waals surface area (Å²) in [4.78, 5) is 0. The second-order valence-electron chi connectivity index (χ2n) is 7.96. The topological polar surface area (TPSA) is 0 Å². The molecule has 0 spiro atoms. The highest BCUT2D eigenvalue weighted by Gasteiger charge is 2.25. The van der Waals surface area contributed by atoms with E-state index in [4.69, 9.17) is 0 Å². The van der Waals surface area contributed by atoms with Crippen LogP contribution < -0.4 is 0 Å². The third-order valence-electron chi connectivity index (χ3n) is 6.03. The van der Waals surface area contributed by atoms with Crippen molar-refractivity contribution in [3.05, 3.63) is 81.4 Å². The number of hydrogen-bond donors (Lipinski definition) is 0. The van der Waals surface area contributed by atoms with Gasteiger partial charge in [0.1, 0.15) is 23.3 Å². The first-order valence-electron chi connectivity index (χ1n) is 9.68. The van der Waals surface area contributed by atoms with E-state index in [1.807, 2.05) is 13.0 Å². The maximum atomic E-state index is 14.9. The summed E-state index contributed by atoms with van der Waals surface area (Å²) in [6.07, 6.45) is 2.68. The molecule has 1 aliphatic rings. The van der Waals surface area contributed by atoms with Crippen molar-refractivity contribution in [3.63, 3.8) is 0 Å². The molecule has 0 saturated carbocycles. The number of benzene rings is 3. The Bertz CT molecular complexity index is 1070. The van der Waals surface area contributed by atoms with Crippen molar-refractivity contribution in [1.29, 1.82) is 0 Å². The lowest BCUT2D eigenvalue weighted by Crippen LogP contribution is -2.18. The van der Waals surface area contributed by atoms with Gasteiger partial charge >= 0.3 is 0 Å². The van der Waals surface area contributed by atoms with E-state index >= 15 is 0 Å². The molecule has 4 heteroatoms. The lowest BCUT2D eigenvalue weighted by molar-refractivity contribution is 0.408. The van der Waals surface area contributed by atoms with E-state index in [0.717, 1.165) is 12.0 Å². The van der Waals surface area contributed by atoms with Crippen LogP contribution in [0.25, 0.3) is 10.8 Å². The highest BCUT2D eigenvalue weighted by molar-refractivity contribution is 5.84. The Labute approximate surface area is 162 Å². The molecular weight excluding hydrogens is 364 g/mol. The van der Waals surface area contributed by atoms with Crippen molar-refractivity contribution in [3.8, 4) is 0 Å². The Morgan fingerprint density at radius 2 is 1.71 bits per heavy atom. The fourth-order valence-corrected chi connectivity index (χ4v) is 4.35. The van der Waals surface area contributed by atoms with Crippen LogP contribution in [0.2, 0.25) is 0 Å². The minimum Gasteiger partial charge on any atom is -0.207 e. The summed E-state index contributed by atoms with van der Waals surface area (Å²) in [6.45, 7) is 3.33. The van der Waals surface area contributed by atoms with Gasteiger partial charge in [-0.3, -0.25) is 0 Å². The third-order valence-corrected chi connectivity index (χ3v) is 6.03. The zero-order valence-electron chi connectivity index (χ0n) is 16.0. The molecule has 1 unspecified atom stereocenters. The molecule has 3 aromatic rings. The molecule has 0 fully saturated rings. The molecule has 0 heterocycles. The van der Waals surface area contributed by atoms with Gasteiger partial charge in [-0.15, -0.1) is 0 Å². The monoisotopic (exact) mass is 386 g/mol. The molecule has 0 bridgehead atoms. The zero-order valence-corrected chi connectivity index (χ0v) is 16.0. The molecule has 0 N–H and O–H groups in total. The SMILES string of the molecule is Cc1ccc2c(F)c(CCC3CCc4c(cc(F)c(C)c4F)C3)c(F)cc2c1. The summed E-state index contributed by atoms with van der Waals surface area (Å²) in [6, 6.07) is 8.09. The molecule has 0 amide bonds. The fourth-order valence-electron chi connectivity index (χ4n) is 4.35. The molecule has 0 aromatic heterocycles. The number of fused-ring (bicyclic) bond motifs is 2. The molecule has 4 rings (SSSR count). The molecule has 3 aromatic carbocycles. The largest absolute Gasteiger partial charge is 0.207 e. The summed E-state index contributed by atoms with van der Waals surface area (Å²) in [5.41, 5.74) is 2.39. The molecule has 0 aliphatic heterocycles. The highest BCUT2D eigenvalue weighted by atomic mass is 19.1. The molecular formula is C24H22F4. The number of aryl methyl sites for hydroxylation is 1. The van der Waals surface area contributed by atoms with Gasteiger partial charge in [0.05, 0.1) is 0 Å². The third kappa shape index (κ3) is 3.30. The summed E-state index contributed by atoms with van der Waals surface area (Å²) in [5, 5.41) is 0.988. The van der Waals surface area contributed by atoms with Gasteiger partial charge in [0, 0.05) is 16.5 Å². The summed E-state index contributed by atoms with van der Waals surface area (Å²) < 4.78 is 57.5. The minimum absolute atomic E-state index is 0.0627. The van der Waals surface area contributed by atoms with Crippen LogP contribution in [0.1, 0.15) is 40.7 Å². The van der Waals surface area contributed by atoms with E-state index in [2.05, 4.69) is 0 Å². The van der Waals surface area contributed by atoms with Crippen LogP contribution in [0.15, 0.2) is 30.3 Å². The van der Waals surface area contributed by atoms with Crippen molar-refractivity contribution in [1.82, 2.24) is 0 Å². The summed E-state index contributed by atoms with van der Waals surface area (Å²) in [5.74, 6) is -1.85. The van der Waals surface area contributed by atoms with E-state index < -0.39 is 23.3 Å². The second-order valence-corrected chi connectivity index (χ2v) is 7.96.